The van der Waals surface area contributed by atoms with Gasteiger partial charge in [0.05, 0.1) is 5.60 Å². The van der Waals surface area contributed by atoms with Crippen molar-refractivity contribution in [2.45, 2.75) is 18.4 Å². The number of nitrogens with zero attached hydrogens (tertiary/aromatic N) is 4. The lowest BCUT2D eigenvalue weighted by Crippen LogP contribution is -2.42. The van der Waals surface area contributed by atoms with E-state index in [1.807, 2.05) is 18.2 Å². The van der Waals surface area contributed by atoms with E-state index in [1.54, 1.807) is 6.07 Å². The Labute approximate surface area is 147 Å². The van der Waals surface area contributed by atoms with Gasteiger partial charge in [-0.2, -0.15) is 4.52 Å². The van der Waals surface area contributed by atoms with Crippen LogP contribution < -0.4 is 10.5 Å². The lowest BCUT2D eigenvalue weighted by atomic mass is 9.84. The minimum Gasteiger partial charge on any atom is -0.385 e. The summed E-state index contributed by atoms with van der Waals surface area (Å²) >= 11 is 7.62. The van der Waals surface area contributed by atoms with Crippen LogP contribution in [-0.2, 0) is 5.60 Å². The fraction of sp³-hybridized carbons (Fsp3) is 0.312. The van der Waals surface area contributed by atoms with E-state index in [-0.39, 0.29) is 5.56 Å². The van der Waals surface area contributed by atoms with Crippen LogP contribution in [0, 0.1) is 0 Å². The average Bonchev–Trinajstić information content (AvgIpc) is 3.01. The second-order valence-electron chi connectivity index (χ2n) is 5.86. The lowest BCUT2D eigenvalue weighted by Gasteiger charge is -2.38. The molecule has 1 saturated heterocycles. The standard InChI is InChI=1S/C16H15ClN4O2S/c17-12-4-2-1-3-11(12)16(23)6-9-20(10-7-16)15-19-21-13(22)5-8-18-14(21)24-15/h1-5,8,23H,6-7,9-10H2. The van der Waals surface area contributed by atoms with Gasteiger partial charge in [-0.3, -0.25) is 4.79 Å². The van der Waals surface area contributed by atoms with E-state index in [0.717, 1.165) is 10.7 Å². The number of aliphatic hydroxyl groups is 1. The minimum atomic E-state index is -0.930. The van der Waals surface area contributed by atoms with Gasteiger partial charge < -0.3 is 10.0 Å². The molecule has 2 aromatic heterocycles. The molecule has 0 amide bonds. The summed E-state index contributed by atoms with van der Waals surface area (Å²) in [5, 5.41) is 16.7. The first kappa shape index (κ1) is 15.6. The molecule has 24 heavy (non-hydrogen) atoms. The van der Waals surface area contributed by atoms with Crippen LogP contribution in [0.25, 0.3) is 4.96 Å². The number of aromatic nitrogens is 3. The van der Waals surface area contributed by atoms with Crippen molar-refractivity contribution >= 4 is 33.0 Å². The van der Waals surface area contributed by atoms with Gasteiger partial charge in [-0.1, -0.05) is 41.1 Å². The first-order valence-corrected chi connectivity index (χ1v) is 8.83. The molecule has 124 valence electrons. The first-order valence-electron chi connectivity index (χ1n) is 7.64. The maximum Gasteiger partial charge on any atom is 0.275 e. The Morgan fingerprint density at radius 2 is 1.96 bits per heavy atom. The van der Waals surface area contributed by atoms with Crippen LogP contribution in [-0.4, -0.2) is 32.8 Å². The summed E-state index contributed by atoms with van der Waals surface area (Å²) in [5.74, 6) is 0. The minimum absolute atomic E-state index is 0.188. The Kier molecular flexibility index (Phi) is 3.79. The molecule has 1 aliphatic rings. The summed E-state index contributed by atoms with van der Waals surface area (Å²) in [6.07, 6.45) is 2.59. The Morgan fingerprint density at radius 3 is 2.67 bits per heavy atom. The van der Waals surface area contributed by atoms with Gasteiger partial charge >= 0.3 is 0 Å². The number of hydrogen-bond donors (Lipinski definition) is 1. The Bertz CT molecular complexity index is 946. The predicted molar refractivity (Wildman–Crippen MR) is 93.9 cm³/mol. The van der Waals surface area contributed by atoms with E-state index in [4.69, 9.17) is 11.6 Å². The zero-order chi connectivity index (χ0) is 16.7. The highest BCUT2D eigenvalue weighted by molar-refractivity contribution is 7.20. The Hall–Kier alpha value is -1.96. The summed E-state index contributed by atoms with van der Waals surface area (Å²) in [5.41, 5.74) is -0.346. The van der Waals surface area contributed by atoms with Crippen molar-refractivity contribution in [3.63, 3.8) is 0 Å². The second-order valence-corrected chi connectivity index (χ2v) is 7.20. The van der Waals surface area contributed by atoms with Crippen molar-refractivity contribution in [2.24, 2.45) is 0 Å². The molecule has 0 spiro atoms. The van der Waals surface area contributed by atoms with Gasteiger partial charge in [0.25, 0.3) is 5.56 Å². The second kappa shape index (κ2) is 5.84. The van der Waals surface area contributed by atoms with Gasteiger partial charge in [0.1, 0.15) is 0 Å². The largest absolute Gasteiger partial charge is 0.385 e. The van der Waals surface area contributed by atoms with Crippen molar-refractivity contribution in [1.29, 1.82) is 0 Å². The molecule has 0 radical (unpaired) electrons. The van der Waals surface area contributed by atoms with Crippen LogP contribution in [0.3, 0.4) is 0 Å². The van der Waals surface area contributed by atoms with Gasteiger partial charge in [-0.15, -0.1) is 5.10 Å². The van der Waals surface area contributed by atoms with Crippen LogP contribution in [0.5, 0.6) is 0 Å². The Balaban J connectivity index is 1.58. The number of halogens is 1. The molecule has 1 aromatic carbocycles. The number of piperidine rings is 1. The first-order chi connectivity index (χ1) is 11.6. The maximum absolute atomic E-state index is 11.8. The van der Waals surface area contributed by atoms with Crippen LogP contribution in [0.15, 0.2) is 41.3 Å². The zero-order valence-electron chi connectivity index (χ0n) is 12.7. The van der Waals surface area contributed by atoms with Crippen molar-refractivity contribution in [3.05, 3.63) is 57.5 Å². The number of rotatable bonds is 2. The van der Waals surface area contributed by atoms with Gasteiger partial charge in [0.15, 0.2) is 0 Å². The van der Waals surface area contributed by atoms with Crippen LogP contribution in [0.2, 0.25) is 5.02 Å². The van der Waals surface area contributed by atoms with E-state index in [0.29, 0.717) is 35.9 Å². The molecule has 0 saturated carbocycles. The molecular formula is C16H15ClN4O2S. The van der Waals surface area contributed by atoms with Crippen LogP contribution >= 0.6 is 22.9 Å². The number of fused-ring (bicyclic) bond motifs is 1. The molecule has 1 N–H and O–H groups in total. The zero-order valence-corrected chi connectivity index (χ0v) is 14.3. The molecule has 8 heteroatoms. The average molecular weight is 363 g/mol. The highest BCUT2D eigenvalue weighted by Crippen LogP contribution is 2.38. The fourth-order valence-electron chi connectivity index (χ4n) is 3.04. The lowest BCUT2D eigenvalue weighted by molar-refractivity contribution is 0.0118. The third kappa shape index (κ3) is 2.58. The highest BCUT2D eigenvalue weighted by atomic mass is 35.5. The van der Waals surface area contributed by atoms with Crippen LogP contribution in [0.1, 0.15) is 18.4 Å². The van der Waals surface area contributed by atoms with Gasteiger partial charge in [-0.25, -0.2) is 4.98 Å². The van der Waals surface area contributed by atoms with Gasteiger partial charge in [0, 0.05) is 35.9 Å². The van der Waals surface area contributed by atoms with Crippen molar-refractivity contribution in [3.8, 4) is 0 Å². The van der Waals surface area contributed by atoms with E-state index >= 15 is 0 Å². The molecule has 0 bridgehead atoms. The summed E-state index contributed by atoms with van der Waals surface area (Å²) in [7, 11) is 0. The molecule has 1 aliphatic heterocycles. The molecular weight excluding hydrogens is 348 g/mol. The van der Waals surface area contributed by atoms with E-state index in [1.165, 1.54) is 28.1 Å². The molecule has 3 heterocycles. The number of benzene rings is 1. The summed E-state index contributed by atoms with van der Waals surface area (Å²) in [6.45, 7) is 1.27. The molecule has 0 aliphatic carbocycles. The molecule has 1 fully saturated rings. The molecule has 0 atom stereocenters. The van der Waals surface area contributed by atoms with E-state index < -0.39 is 5.60 Å². The summed E-state index contributed by atoms with van der Waals surface area (Å²) in [6, 6.07) is 8.81. The van der Waals surface area contributed by atoms with E-state index in [2.05, 4.69) is 15.0 Å². The van der Waals surface area contributed by atoms with E-state index in [9.17, 15) is 9.90 Å². The van der Waals surface area contributed by atoms with Crippen molar-refractivity contribution < 1.29 is 5.11 Å². The molecule has 6 nitrogen and oxygen atoms in total. The number of anilines is 1. The SMILES string of the molecule is O=c1ccnc2sc(N3CCC(O)(c4ccccc4Cl)CC3)nn12. The third-order valence-corrected chi connectivity index (χ3v) is 5.71. The third-order valence-electron chi connectivity index (χ3n) is 4.40. The van der Waals surface area contributed by atoms with Crippen molar-refractivity contribution in [2.75, 3.05) is 18.0 Å². The van der Waals surface area contributed by atoms with Gasteiger partial charge in [-0.05, 0) is 18.9 Å². The summed E-state index contributed by atoms with van der Waals surface area (Å²) in [4.78, 5) is 18.6. The monoisotopic (exact) mass is 362 g/mol. The van der Waals surface area contributed by atoms with Gasteiger partial charge in [0.2, 0.25) is 10.1 Å². The molecule has 3 aromatic rings. The fourth-order valence-corrected chi connectivity index (χ4v) is 4.28. The topological polar surface area (TPSA) is 70.7 Å². The predicted octanol–water partition coefficient (Wildman–Crippen LogP) is 2.29. The summed E-state index contributed by atoms with van der Waals surface area (Å²) < 4.78 is 1.31. The molecule has 0 unspecified atom stereocenters. The Morgan fingerprint density at radius 1 is 1.21 bits per heavy atom. The normalized spacial score (nSPS) is 17.3. The van der Waals surface area contributed by atoms with Crippen molar-refractivity contribution in [1.82, 2.24) is 14.6 Å². The molecule has 4 rings (SSSR count). The smallest absolute Gasteiger partial charge is 0.275 e. The highest BCUT2D eigenvalue weighted by Gasteiger charge is 2.36. The maximum atomic E-state index is 11.8. The number of hydrogen-bond acceptors (Lipinski definition) is 6. The quantitative estimate of drug-likeness (QED) is 0.757. The van der Waals surface area contributed by atoms with Crippen LogP contribution in [0.4, 0.5) is 5.13 Å².